The Labute approximate surface area is 169 Å². The van der Waals surface area contributed by atoms with Crippen LogP contribution in [0.3, 0.4) is 0 Å². The van der Waals surface area contributed by atoms with Gasteiger partial charge in [0.05, 0.1) is 12.5 Å². The first kappa shape index (κ1) is 27.6. The van der Waals surface area contributed by atoms with Crippen LogP contribution in [0, 0.1) is 5.41 Å². The molecule has 0 bridgehead atoms. The lowest BCUT2D eigenvalue weighted by Crippen LogP contribution is -2.27. The number of methoxy groups -OCH3 is 1. The number of carbonyl (C=O) groups is 1. The van der Waals surface area contributed by atoms with E-state index in [1.165, 1.54) is 37.5 Å². The van der Waals surface area contributed by atoms with Gasteiger partial charge in [0, 0.05) is 0 Å². The van der Waals surface area contributed by atoms with Gasteiger partial charge >= 0.3 is 5.97 Å². The van der Waals surface area contributed by atoms with Crippen molar-refractivity contribution in [2.75, 3.05) is 7.11 Å². The molecule has 0 N–H and O–H groups in total. The van der Waals surface area contributed by atoms with Crippen molar-refractivity contribution in [3.05, 3.63) is 47.5 Å². The molecule has 0 aliphatic carbocycles. The summed E-state index contributed by atoms with van der Waals surface area (Å²) in [5, 5.41) is 0. The van der Waals surface area contributed by atoms with Gasteiger partial charge in [0.25, 0.3) is 0 Å². The molecule has 0 aliphatic rings. The number of hydrogen-bond acceptors (Lipinski definition) is 2. The summed E-state index contributed by atoms with van der Waals surface area (Å²) in [5.41, 5.74) is 2.68. The van der Waals surface area contributed by atoms with Crippen molar-refractivity contribution in [3.63, 3.8) is 0 Å². The van der Waals surface area contributed by atoms with E-state index in [1.54, 1.807) is 0 Å². The first-order valence-corrected chi connectivity index (χ1v) is 10.5. The Morgan fingerprint density at radius 2 is 1.59 bits per heavy atom. The van der Waals surface area contributed by atoms with Crippen LogP contribution in [-0.4, -0.2) is 13.1 Å². The molecule has 2 heteroatoms. The molecular weight excluding hydrogens is 332 g/mol. The number of hydrogen-bond donors (Lipinski definition) is 0. The van der Waals surface area contributed by atoms with Crippen LogP contribution in [-0.2, 0) is 9.53 Å². The topological polar surface area (TPSA) is 26.3 Å². The molecule has 1 aromatic rings. The minimum absolute atomic E-state index is 0.0995. The summed E-state index contributed by atoms with van der Waals surface area (Å²) in [5.74, 6) is 0.610. The van der Waals surface area contributed by atoms with Crippen molar-refractivity contribution in [3.8, 4) is 0 Å². The molecule has 27 heavy (non-hydrogen) atoms. The molecule has 1 atom stereocenters. The Kier molecular flexibility index (Phi) is 17.0. The van der Waals surface area contributed by atoms with Crippen LogP contribution in [0.25, 0.3) is 0 Å². The van der Waals surface area contributed by atoms with Crippen LogP contribution in [0.1, 0.15) is 99.0 Å². The van der Waals surface area contributed by atoms with Crippen molar-refractivity contribution < 1.29 is 9.53 Å². The molecule has 2 nitrogen and oxygen atoms in total. The summed E-state index contributed by atoms with van der Waals surface area (Å²) in [6, 6.07) is 10.6. The third-order valence-electron chi connectivity index (χ3n) is 5.33. The Hall–Kier alpha value is -1.57. The number of esters is 1. The number of allylic oxidation sites excluding steroid dienone is 2. The molecule has 156 valence electrons. The minimum Gasteiger partial charge on any atom is -0.469 e. The van der Waals surface area contributed by atoms with Crippen molar-refractivity contribution in [2.45, 2.75) is 93.4 Å². The van der Waals surface area contributed by atoms with Crippen LogP contribution in [0.4, 0.5) is 0 Å². The van der Waals surface area contributed by atoms with Crippen molar-refractivity contribution in [1.29, 1.82) is 0 Å². The molecule has 0 heterocycles. The van der Waals surface area contributed by atoms with Crippen molar-refractivity contribution >= 4 is 5.97 Å². The fraction of sp³-hybridized carbons (Fsp3) is 0.640. The molecule has 0 spiro atoms. The van der Waals surface area contributed by atoms with Gasteiger partial charge < -0.3 is 4.74 Å². The van der Waals surface area contributed by atoms with E-state index < -0.39 is 0 Å². The van der Waals surface area contributed by atoms with Crippen LogP contribution in [0.2, 0.25) is 0 Å². The zero-order valence-corrected chi connectivity index (χ0v) is 19.4. The highest BCUT2D eigenvalue weighted by Crippen LogP contribution is 2.26. The van der Waals surface area contributed by atoms with E-state index >= 15 is 0 Å². The van der Waals surface area contributed by atoms with Crippen LogP contribution in [0.15, 0.2) is 42.0 Å². The summed E-state index contributed by atoms with van der Waals surface area (Å²) in [7, 11) is 1.44. The molecule has 0 aromatic heterocycles. The molecule has 0 amide bonds. The Morgan fingerprint density at radius 1 is 1.07 bits per heavy atom. The van der Waals surface area contributed by atoms with E-state index in [4.69, 9.17) is 0 Å². The molecule has 0 saturated carbocycles. The van der Waals surface area contributed by atoms with Gasteiger partial charge in [0.2, 0.25) is 0 Å². The lowest BCUT2D eigenvalue weighted by Gasteiger charge is -2.22. The molecule has 0 radical (unpaired) electrons. The summed E-state index contributed by atoms with van der Waals surface area (Å²) in [4.78, 5) is 11.1. The highest BCUT2D eigenvalue weighted by atomic mass is 16.5. The maximum Gasteiger partial charge on any atom is 0.311 e. The standard InChI is InChI=1S/C10H14.C8H16O2.C7H14/c1-3-9(2)10-7-5-4-6-8-10;1-5-8(3,6-2)7(9)10-4;1-4-6-7(3)5-2/h4-9H,3H2,1-2H3;5-6H2,1-4H3;6H,4-5H2,1-3H3/b;;7-6+. The number of benzene rings is 1. The zero-order chi connectivity index (χ0) is 21.3. The molecular formula is C25H44O2. The van der Waals surface area contributed by atoms with Gasteiger partial charge in [-0.2, -0.15) is 0 Å². The van der Waals surface area contributed by atoms with E-state index in [0.717, 1.165) is 12.8 Å². The van der Waals surface area contributed by atoms with Gasteiger partial charge in [0.15, 0.2) is 0 Å². The molecule has 0 aliphatic heterocycles. The van der Waals surface area contributed by atoms with E-state index in [-0.39, 0.29) is 11.4 Å². The average molecular weight is 377 g/mol. The first-order valence-electron chi connectivity index (χ1n) is 10.5. The second-order valence-electron chi connectivity index (χ2n) is 7.29. The van der Waals surface area contributed by atoms with Crippen LogP contribution >= 0.6 is 0 Å². The fourth-order valence-electron chi connectivity index (χ4n) is 2.30. The van der Waals surface area contributed by atoms with E-state index in [9.17, 15) is 4.79 Å². The normalized spacial score (nSPS) is 12.1. The SMILES string of the molecule is CC/C=C(\C)CC.CCC(C)(CC)C(=O)OC.CCC(C)c1ccccc1. The third-order valence-corrected chi connectivity index (χ3v) is 5.33. The van der Waals surface area contributed by atoms with Gasteiger partial charge in [-0.05, 0) is 57.4 Å². The predicted molar refractivity (Wildman–Crippen MR) is 120 cm³/mol. The molecule has 1 rings (SSSR count). The summed E-state index contributed by atoms with van der Waals surface area (Å²) in [6.07, 6.45) is 7.56. The number of carbonyl (C=O) groups excluding carboxylic acids is 1. The van der Waals surface area contributed by atoms with Gasteiger partial charge in [-0.15, -0.1) is 0 Å². The molecule has 0 saturated heterocycles. The highest BCUT2D eigenvalue weighted by Gasteiger charge is 2.29. The van der Waals surface area contributed by atoms with E-state index in [2.05, 4.69) is 75.8 Å². The highest BCUT2D eigenvalue weighted by molar-refractivity contribution is 5.76. The monoisotopic (exact) mass is 376 g/mol. The lowest BCUT2D eigenvalue weighted by atomic mass is 9.85. The predicted octanol–water partition coefficient (Wildman–Crippen LogP) is 7.94. The number of ether oxygens (including phenoxy) is 1. The minimum atomic E-state index is -0.269. The van der Waals surface area contributed by atoms with Crippen molar-refractivity contribution in [1.82, 2.24) is 0 Å². The van der Waals surface area contributed by atoms with E-state index in [0.29, 0.717) is 5.92 Å². The Bertz CT molecular complexity index is 498. The Morgan fingerprint density at radius 3 is 1.85 bits per heavy atom. The second-order valence-corrected chi connectivity index (χ2v) is 7.29. The fourth-order valence-corrected chi connectivity index (χ4v) is 2.30. The molecule has 1 aromatic carbocycles. The van der Waals surface area contributed by atoms with Gasteiger partial charge in [-0.1, -0.05) is 83.5 Å². The van der Waals surface area contributed by atoms with Gasteiger partial charge in [-0.3, -0.25) is 4.79 Å². The first-order chi connectivity index (χ1) is 12.8. The van der Waals surface area contributed by atoms with Gasteiger partial charge in [-0.25, -0.2) is 0 Å². The summed E-state index contributed by atoms with van der Waals surface area (Å²) < 4.78 is 4.66. The second kappa shape index (κ2) is 16.6. The van der Waals surface area contributed by atoms with Crippen molar-refractivity contribution in [2.24, 2.45) is 5.41 Å². The summed E-state index contributed by atoms with van der Waals surface area (Å²) in [6.45, 7) is 16.9. The largest absolute Gasteiger partial charge is 0.469 e. The van der Waals surface area contributed by atoms with Gasteiger partial charge in [0.1, 0.15) is 0 Å². The smallest absolute Gasteiger partial charge is 0.311 e. The maximum absolute atomic E-state index is 11.1. The van der Waals surface area contributed by atoms with Crippen LogP contribution in [0.5, 0.6) is 0 Å². The lowest BCUT2D eigenvalue weighted by molar-refractivity contribution is -0.152. The molecule has 0 fully saturated rings. The van der Waals surface area contributed by atoms with Crippen LogP contribution < -0.4 is 0 Å². The third kappa shape index (κ3) is 12.4. The quantitative estimate of drug-likeness (QED) is 0.356. The summed E-state index contributed by atoms with van der Waals surface area (Å²) >= 11 is 0. The molecule has 1 unspecified atom stereocenters. The van der Waals surface area contributed by atoms with E-state index in [1.807, 2.05) is 20.8 Å². The zero-order valence-electron chi connectivity index (χ0n) is 19.4. The Balaban J connectivity index is 0. The average Bonchev–Trinajstić information content (AvgIpc) is 2.73. The number of rotatable bonds is 7. The maximum atomic E-state index is 11.1.